The molecule has 2 heterocycles. The van der Waals surface area contributed by atoms with E-state index in [1.165, 1.54) is 11.3 Å². The van der Waals surface area contributed by atoms with Crippen molar-refractivity contribution in [3.8, 4) is 22.1 Å². The highest BCUT2D eigenvalue weighted by atomic mass is 32.1. The van der Waals surface area contributed by atoms with E-state index in [9.17, 15) is 4.79 Å². The third-order valence-corrected chi connectivity index (χ3v) is 4.90. The molecule has 0 aliphatic rings. The van der Waals surface area contributed by atoms with Crippen LogP contribution in [0, 0.1) is 0 Å². The van der Waals surface area contributed by atoms with E-state index in [4.69, 9.17) is 9.47 Å². The number of methoxy groups -OCH3 is 1. The summed E-state index contributed by atoms with van der Waals surface area (Å²) in [5, 5.41) is 7.28. The lowest BCUT2D eigenvalue weighted by Crippen LogP contribution is -2.30. The minimum Gasteiger partial charge on any atom is -0.497 e. The summed E-state index contributed by atoms with van der Waals surface area (Å²) >= 11 is 3.01. The summed E-state index contributed by atoms with van der Waals surface area (Å²) in [6, 6.07) is 11.1. The Morgan fingerprint density at radius 3 is 2.58 bits per heavy atom. The predicted octanol–water partition coefficient (Wildman–Crippen LogP) is 4.29. The van der Waals surface area contributed by atoms with Crippen LogP contribution in [-0.2, 0) is 4.79 Å². The van der Waals surface area contributed by atoms with Crippen molar-refractivity contribution in [2.24, 2.45) is 0 Å². The Labute approximate surface area is 147 Å². The first-order valence-corrected chi connectivity index (χ1v) is 9.02. The molecule has 3 rings (SSSR count). The number of hydrogen-bond acceptors (Lipinski definition) is 6. The van der Waals surface area contributed by atoms with E-state index in [1.807, 2.05) is 22.9 Å². The number of anilines is 1. The zero-order valence-corrected chi connectivity index (χ0v) is 14.8. The molecule has 2 aromatic heterocycles. The van der Waals surface area contributed by atoms with E-state index in [2.05, 4.69) is 10.3 Å². The van der Waals surface area contributed by atoms with Gasteiger partial charge in [-0.25, -0.2) is 4.98 Å². The van der Waals surface area contributed by atoms with Gasteiger partial charge in [0.15, 0.2) is 11.2 Å². The highest BCUT2D eigenvalue weighted by molar-refractivity contribution is 7.16. The molecule has 0 fully saturated rings. The molecule has 1 aromatic carbocycles. The molecule has 1 unspecified atom stereocenters. The van der Waals surface area contributed by atoms with E-state index >= 15 is 0 Å². The Hall–Kier alpha value is -2.38. The lowest BCUT2D eigenvalue weighted by atomic mass is 10.3. The minimum absolute atomic E-state index is 0.238. The second-order valence-electron chi connectivity index (χ2n) is 4.94. The highest BCUT2D eigenvalue weighted by Crippen LogP contribution is 2.28. The van der Waals surface area contributed by atoms with Crippen LogP contribution in [0.15, 0.2) is 47.2 Å². The van der Waals surface area contributed by atoms with Gasteiger partial charge in [0, 0.05) is 5.38 Å². The third kappa shape index (κ3) is 3.93. The van der Waals surface area contributed by atoms with Crippen LogP contribution < -0.4 is 14.8 Å². The number of thiazole rings is 1. The Morgan fingerprint density at radius 2 is 1.92 bits per heavy atom. The standard InChI is InChI=1S/C17H16N2O3S2/c1-11(22-13-7-5-12(21-2)6-8-13)16(20)19-17-18-14(10-24-17)15-4-3-9-23-15/h3-11H,1-2H3,(H,18,19,20). The number of carbonyl (C=O) groups excluding carboxylic acids is 1. The third-order valence-electron chi connectivity index (χ3n) is 3.25. The van der Waals surface area contributed by atoms with Crippen molar-refractivity contribution in [3.05, 3.63) is 47.2 Å². The molecular weight excluding hydrogens is 344 g/mol. The molecule has 1 N–H and O–H groups in total. The molecule has 0 spiro atoms. The molecule has 0 bridgehead atoms. The summed E-state index contributed by atoms with van der Waals surface area (Å²) in [5.41, 5.74) is 0.869. The van der Waals surface area contributed by atoms with Crippen LogP contribution in [-0.4, -0.2) is 24.1 Å². The van der Waals surface area contributed by atoms with Crippen LogP contribution in [0.4, 0.5) is 5.13 Å². The molecular formula is C17H16N2O3S2. The Bertz CT molecular complexity index is 798. The van der Waals surface area contributed by atoms with Crippen LogP contribution in [0.1, 0.15) is 6.92 Å². The number of hydrogen-bond donors (Lipinski definition) is 1. The molecule has 0 aliphatic heterocycles. The lowest BCUT2D eigenvalue weighted by Gasteiger charge is -2.13. The van der Waals surface area contributed by atoms with Gasteiger partial charge in [-0.1, -0.05) is 6.07 Å². The van der Waals surface area contributed by atoms with Gasteiger partial charge in [0.05, 0.1) is 17.7 Å². The number of nitrogens with one attached hydrogen (secondary N) is 1. The topological polar surface area (TPSA) is 60.5 Å². The second kappa shape index (κ2) is 7.46. The fraction of sp³-hybridized carbons (Fsp3) is 0.176. The van der Waals surface area contributed by atoms with Gasteiger partial charge >= 0.3 is 0 Å². The SMILES string of the molecule is COc1ccc(OC(C)C(=O)Nc2nc(-c3cccs3)cs2)cc1. The largest absolute Gasteiger partial charge is 0.497 e. The molecule has 0 saturated carbocycles. The molecule has 124 valence electrons. The first kappa shape index (κ1) is 16.5. The van der Waals surface area contributed by atoms with Crippen LogP contribution in [0.2, 0.25) is 0 Å². The maximum atomic E-state index is 12.2. The first-order chi connectivity index (χ1) is 11.7. The first-order valence-electron chi connectivity index (χ1n) is 7.26. The summed E-state index contributed by atoms with van der Waals surface area (Å²) in [5.74, 6) is 1.11. The number of rotatable bonds is 6. The van der Waals surface area contributed by atoms with Gasteiger partial charge in [-0.15, -0.1) is 22.7 Å². The number of carbonyl (C=O) groups is 1. The van der Waals surface area contributed by atoms with Crippen molar-refractivity contribution in [3.63, 3.8) is 0 Å². The number of aromatic nitrogens is 1. The summed E-state index contributed by atoms with van der Waals surface area (Å²) in [7, 11) is 1.60. The van der Waals surface area contributed by atoms with Crippen molar-refractivity contribution >= 4 is 33.7 Å². The Morgan fingerprint density at radius 1 is 1.17 bits per heavy atom. The number of ether oxygens (including phenoxy) is 2. The smallest absolute Gasteiger partial charge is 0.266 e. The quantitative estimate of drug-likeness (QED) is 0.712. The molecule has 24 heavy (non-hydrogen) atoms. The fourth-order valence-electron chi connectivity index (χ4n) is 1.99. The van der Waals surface area contributed by atoms with Gasteiger partial charge in [-0.2, -0.15) is 0 Å². The van der Waals surface area contributed by atoms with Crippen molar-refractivity contribution in [1.82, 2.24) is 4.98 Å². The second-order valence-corrected chi connectivity index (χ2v) is 6.75. The summed E-state index contributed by atoms with van der Waals surface area (Å²) < 4.78 is 10.7. The molecule has 0 saturated heterocycles. The molecule has 5 nitrogen and oxygen atoms in total. The summed E-state index contributed by atoms with van der Waals surface area (Å²) in [6.45, 7) is 1.70. The lowest BCUT2D eigenvalue weighted by molar-refractivity contribution is -0.122. The van der Waals surface area contributed by atoms with E-state index < -0.39 is 6.10 Å². The Balaban J connectivity index is 1.59. The van der Waals surface area contributed by atoms with Crippen molar-refractivity contribution < 1.29 is 14.3 Å². The number of nitrogens with zero attached hydrogens (tertiary/aromatic N) is 1. The van der Waals surface area contributed by atoms with Gasteiger partial charge in [0.1, 0.15) is 11.5 Å². The minimum atomic E-state index is -0.632. The van der Waals surface area contributed by atoms with Gasteiger partial charge < -0.3 is 9.47 Å². The number of amides is 1. The molecule has 1 atom stereocenters. The zero-order chi connectivity index (χ0) is 16.9. The summed E-state index contributed by atoms with van der Waals surface area (Å²) in [4.78, 5) is 17.8. The molecule has 3 aromatic rings. The average molecular weight is 360 g/mol. The average Bonchev–Trinajstić information content (AvgIpc) is 3.26. The van der Waals surface area contributed by atoms with Crippen molar-refractivity contribution in [1.29, 1.82) is 0 Å². The zero-order valence-electron chi connectivity index (χ0n) is 13.2. The van der Waals surface area contributed by atoms with Crippen molar-refractivity contribution in [2.45, 2.75) is 13.0 Å². The van der Waals surface area contributed by atoms with E-state index in [1.54, 1.807) is 49.6 Å². The van der Waals surface area contributed by atoms with E-state index in [0.717, 1.165) is 16.3 Å². The van der Waals surface area contributed by atoms with Crippen LogP contribution >= 0.6 is 22.7 Å². The van der Waals surface area contributed by atoms with Crippen molar-refractivity contribution in [2.75, 3.05) is 12.4 Å². The van der Waals surface area contributed by atoms with Crippen LogP contribution in [0.3, 0.4) is 0 Å². The van der Waals surface area contributed by atoms with Gasteiger partial charge in [0.25, 0.3) is 5.91 Å². The molecule has 0 radical (unpaired) electrons. The monoisotopic (exact) mass is 360 g/mol. The van der Waals surface area contributed by atoms with Crippen LogP contribution in [0.25, 0.3) is 10.6 Å². The predicted molar refractivity (Wildman–Crippen MR) is 97.1 cm³/mol. The maximum absolute atomic E-state index is 12.2. The normalized spacial score (nSPS) is 11.8. The van der Waals surface area contributed by atoms with E-state index in [-0.39, 0.29) is 5.91 Å². The highest BCUT2D eigenvalue weighted by Gasteiger charge is 2.17. The van der Waals surface area contributed by atoms with Crippen LogP contribution in [0.5, 0.6) is 11.5 Å². The van der Waals surface area contributed by atoms with Gasteiger partial charge in [-0.05, 0) is 42.6 Å². The summed E-state index contributed by atoms with van der Waals surface area (Å²) in [6.07, 6.45) is -0.632. The maximum Gasteiger partial charge on any atom is 0.266 e. The molecule has 7 heteroatoms. The fourth-order valence-corrected chi connectivity index (χ4v) is 3.46. The van der Waals surface area contributed by atoms with Gasteiger partial charge in [-0.3, -0.25) is 10.1 Å². The molecule has 0 aliphatic carbocycles. The number of thiophene rings is 1. The Kier molecular flexibility index (Phi) is 5.12. The molecule has 1 amide bonds. The van der Waals surface area contributed by atoms with Gasteiger partial charge in [0.2, 0.25) is 0 Å². The number of benzene rings is 1. The van der Waals surface area contributed by atoms with E-state index in [0.29, 0.717) is 10.9 Å².